The molecular weight excluding hydrogens is 192 g/mol. The van der Waals surface area contributed by atoms with Gasteiger partial charge in [-0.25, -0.2) is 13.1 Å². The van der Waals surface area contributed by atoms with Crippen LogP contribution in [0.1, 0.15) is 12.8 Å². The van der Waals surface area contributed by atoms with Crippen LogP contribution in [-0.4, -0.2) is 40.0 Å². The van der Waals surface area contributed by atoms with Crippen molar-refractivity contribution in [1.82, 2.24) is 4.72 Å². The molecule has 5 nitrogen and oxygen atoms in total. The minimum atomic E-state index is -3.10. The Kier molecular flexibility index (Phi) is 3.66. The Balaban J connectivity index is 2.24. The minimum absolute atomic E-state index is 0.0190. The summed E-state index contributed by atoms with van der Waals surface area (Å²) in [5.41, 5.74) is 5.62. The highest BCUT2D eigenvalue weighted by atomic mass is 32.2. The van der Waals surface area contributed by atoms with Crippen molar-refractivity contribution >= 4 is 10.0 Å². The van der Waals surface area contributed by atoms with E-state index in [2.05, 4.69) is 4.72 Å². The van der Waals surface area contributed by atoms with E-state index in [4.69, 9.17) is 10.5 Å². The lowest BCUT2D eigenvalue weighted by Crippen LogP contribution is -2.41. The topological polar surface area (TPSA) is 81.4 Å². The van der Waals surface area contributed by atoms with E-state index in [0.29, 0.717) is 13.2 Å². The molecule has 0 amide bonds. The molecule has 6 heteroatoms. The van der Waals surface area contributed by atoms with Gasteiger partial charge in [0.1, 0.15) is 0 Å². The van der Waals surface area contributed by atoms with Crippen LogP contribution in [0.15, 0.2) is 0 Å². The Morgan fingerprint density at radius 1 is 1.54 bits per heavy atom. The average Bonchev–Trinajstić information content (AvgIpc) is 2.02. The maximum atomic E-state index is 10.7. The van der Waals surface area contributed by atoms with Gasteiger partial charge in [-0.15, -0.1) is 0 Å². The summed E-state index contributed by atoms with van der Waals surface area (Å²) in [5, 5.41) is 0. The van der Waals surface area contributed by atoms with Crippen molar-refractivity contribution in [2.75, 3.05) is 19.4 Å². The van der Waals surface area contributed by atoms with E-state index in [1.54, 1.807) is 0 Å². The van der Waals surface area contributed by atoms with E-state index in [1.165, 1.54) is 0 Å². The van der Waals surface area contributed by atoms with Gasteiger partial charge in [0, 0.05) is 12.6 Å². The van der Waals surface area contributed by atoms with E-state index in [0.717, 1.165) is 19.1 Å². The predicted molar refractivity (Wildman–Crippen MR) is 49.8 cm³/mol. The van der Waals surface area contributed by atoms with Crippen LogP contribution in [-0.2, 0) is 14.8 Å². The van der Waals surface area contributed by atoms with Crippen LogP contribution in [0.3, 0.4) is 0 Å². The van der Waals surface area contributed by atoms with Gasteiger partial charge in [-0.3, -0.25) is 0 Å². The molecule has 0 saturated carbocycles. The summed E-state index contributed by atoms with van der Waals surface area (Å²) in [5.74, 6) is 0. The largest absolute Gasteiger partial charge is 0.375 e. The molecule has 13 heavy (non-hydrogen) atoms. The number of hydrogen-bond acceptors (Lipinski definition) is 4. The quantitative estimate of drug-likeness (QED) is 0.626. The molecule has 1 aliphatic heterocycles. The molecule has 1 rings (SSSR count). The standard InChI is InChI=1S/C7H16N2O3S/c1-13(10,11)9-4-7-3-2-6(8)5-12-7/h6-7,9H,2-5,8H2,1H3/t6?,7-/m0/s1. The van der Waals surface area contributed by atoms with Crippen molar-refractivity contribution in [3.63, 3.8) is 0 Å². The van der Waals surface area contributed by atoms with Crippen LogP contribution in [0.4, 0.5) is 0 Å². The minimum Gasteiger partial charge on any atom is -0.375 e. The molecule has 0 aromatic rings. The van der Waals surface area contributed by atoms with E-state index >= 15 is 0 Å². The zero-order valence-electron chi connectivity index (χ0n) is 7.69. The third-order valence-corrected chi connectivity index (χ3v) is 2.67. The molecule has 0 spiro atoms. The second kappa shape index (κ2) is 4.36. The highest BCUT2D eigenvalue weighted by Crippen LogP contribution is 2.11. The molecule has 1 fully saturated rings. The zero-order chi connectivity index (χ0) is 9.90. The number of ether oxygens (including phenoxy) is 1. The SMILES string of the molecule is CS(=O)(=O)NC[C@@H]1CCC(N)CO1. The summed E-state index contributed by atoms with van der Waals surface area (Å²) < 4.78 is 29.2. The Morgan fingerprint density at radius 2 is 2.23 bits per heavy atom. The highest BCUT2D eigenvalue weighted by molar-refractivity contribution is 7.88. The number of hydrogen-bond donors (Lipinski definition) is 2. The van der Waals surface area contributed by atoms with Gasteiger partial charge in [-0.1, -0.05) is 0 Å². The van der Waals surface area contributed by atoms with Crippen LogP contribution in [0.5, 0.6) is 0 Å². The Morgan fingerprint density at radius 3 is 2.69 bits per heavy atom. The molecular formula is C7H16N2O3S. The molecule has 1 heterocycles. The first kappa shape index (κ1) is 10.9. The van der Waals surface area contributed by atoms with Gasteiger partial charge < -0.3 is 10.5 Å². The van der Waals surface area contributed by atoms with E-state index in [9.17, 15) is 8.42 Å². The molecule has 1 aliphatic rings. The fourth-order valence-corrected chi connectivity index (χ4v) is 1.72. The Labute approximate surface area is 78.7 Å². The zero-order valence-corrected chi connectivity index (χ0v) is 8.51. The first-order chi connectivity index (χ1) is 5.97. The summed E-state index contributed by atoms with van der Waals surface area (Å²) >= 11 is 0. The van der Waals surface area contributed by atoms with Crippen molar-refractivity contribution in [2.24, 2.45) is 5.73 Å². The van der Waals surface area contributed by atoms with Crippen molar-refractivity contribution < 1.29 is 13.2 Å². The second-order valence-electron chi connectivity index (χ2n) is 3.41. The van der Waals surface area contributed by atoms with Crippen molar-refractivity contribution in [2.45, 2.75) is 25.0 Å². The lowest BCUT2D eigenvalue weighted by molar-refractivity contribution is 0.00926. The van der Waals surface area contributed by atoms with E-state index in [-0.39, 0.29) is 12.1 Å². The normalized spacial score (nSPS) is 30.3. The van der Waals surface area contributed by atoms with Crippen LogP contribution < -0.4 is 10.5 Å². The van der Waals surface area contributed by atoms with Crippen molar-refractivity contribution in [1.29, 1.82) is 0 Å². The fourth-order valence-electron chi connectivity index (χ4n) is 1.23. The summed E-state index contributed by atoms with van der Waals surface area (Å²) in [6, 6.07) is 0.106. The molecule has 0 aromatic carbocycles. The van der Waals surface area contributed by atoms with Gasteiger partial charge in [0.05, 0.1) is 19.0 Å². The second-order valence-corrected chi connectivity index (χ2v) is 5.25. The molecule has 3 N–H and O–H groups in total. The molecule has 0 radical (unpaired) electrons. The third-order valence-electron chi connectivity index (χ3n) is 1.98. The van der Waals surface area contributed by atoms with E-state index in [1.807, 2.05) is 0 Å². The monoisotopic (exact) mass is 208 g/mol. The third kappa shape index (κ3) is 4.56. The maximum absolute atomic E-state index is 10.7. The molecule has 0 aliphatic carbocycles. The van der Waals surface area contributed by atoms with E-state index < -0.39 is 10.0 Å². The Bertz CT molecular complexity index is 244. The molecule has 1 unspecified atom stereocenters. The van der Waals surface area contributed by atoms with Crippen LogP contribution >= 0.6 is 0 Å². The lowest BCUT2D eigenvalue weighted by Gasteiger charge is -2.26. The number of nitrogens with two attached hydrogens (primary N) is 1. The number of nitrogens with one attached hydrogen (secondary N) is 1. The molecule has 2 atom stereocenters. The first-order valence-corrected chi connectivity index (χ1v) is 6.18. The average molecular weight is 208 g/mol. The van der Waals surface area contributed by atoms with Gasteiger partial charge in [0.25, 0.3) is 0 Å². The van der Waals surface area contributed by atoms with Crippen molar-refractivity contribution in [3.05, 3.63) is 0 Å². The molecule has 0 bridgehead atoms. The highest BCUT2D eigenvalue weighted by Gasteiger charge is 2.19. The molecule has 78 valence electrons. The van der Waals surface area contributed by atoms with Gasteiger partial charge in [-0.2, -0.15) is 0 Å². The molecule has 1 saturated heterocycles. The van der Waals surface area contributed by atoms with Crippen molar-refractivity contribution in [3.8, 4) is 0 Å². The summed E-state index contributed by atoms with van der Waals surface area (Å²) in [6.45, 7) is 0.877. The van der Waals surface area contributed by atoms with Gasteiger partial charge in [0.2, 0.25) is 10.0 Å². The van der Waals surface area contributed by atoms with Gasteiger partial charge in [0.15, 0.2) is 0 Å². The predicted octanol–water partition coefficient (Wildman–Crippen LogP) is -0.958. The number of sulfonamides is 1. The van der Waals surface area contributed by atoms with Crippen LogP contribution in [0, 0.1) is 0 Å². The Hall–Kier alpha value is -0.170. The van der Waals surface area contributed by atoms with Gasteiger partial charge in [-0.05, 0) is 12.8 Å². The van der Waals surface area contributed by atoms with Crippen LogP contribution in [0.2, 0.25) is 0 Å². The summed E-state index contributed by atoms with van der Waals surface area (Å²) in [6.07, 6.45) is 2.84. The maximum Gasteiger partial charge on any atom is 0.208 e. The molecule has 0 aromatic heterocycles. The fraction of sp³-hybridized carbons (Fsp3) is 1.00. The summed E-state index contributed by atoms with van der Waals surface area (Å²) in [7, 11) is -3.10. The summed E-state index contributed by atoms with van der Waals surface area (Å²) in [4.78, 5) is 0. The first-order valence-electron chi connectivity index (χ1n) is 4.29. The smallest absolute Gasteiger partial charge is 0.208 e. The lowest BCUT2D eigenvalue weighted by atomic mass is 10.1. The van der Waals surface area contributed by atoms with Gasteiger partial charge >= 0.3 is 0 Å². The van der Waals surface area contributed by atoms with Crippen LogP contribution in [0.25, 0.3) is 0 Å². The number of rotatable bonds is 3.